The molecule has 0 radical (unpaired) electrons. The van der Waals surface area contributed by atoms with Crippen molar-refractivity contribution >= 4 is 56.6 Å². The van der Waals surface area contributed by atoms with Crippen LogP contribution in [0.25, 0.3) is 10.2 Å². The lowest BCUT2D eigenvalue weighted by Gasteiger charge is -2.22. The number of methoxy groups -OCH3 is 1. The van der Waals surface area contributed by atoms with Gasteiger partial charge in [0.1, 0.15) is 11.3 Å². The van der Waals surface area contributed by atoms with Crippen LogP contribution in [0, 0.1) is 13.8 Å². The highest BCUT2D eigenvalue weighted by molar-refractivity contribution is 7.23. The van der Waals surface area contributed by atoms with E-state index in [0.717, 1.165) is 22.4 Å². The second-order valence-electron chi connectivity index (χ2n) is 6.98. The van der Waals surface area contributed by atoms with E-state index in [1.807, 2.05) is 51.0 Å². The summed E-state index contributed by atoms with van der Waals surface area (Å²) in [5.74, 6) is 0.576. The van der Waals surface area contributed by atoms with Crippen LogP contribution in [0.2, 0.25) is 5.02 Å². The van der Waals surface area contributed by atoms with Crippen molar-refractivity contribution < 1.29 is 9.53 Å². The summed E-state index contributed by atoms with van der Waals surface area (Å²) < 4.78 is 6.24. The van der Waals surface area contributed by atoms with Gasteiger partial charge in [0.15, 0.2) is 5.13 Å². The van der Waals surface area contributed by atoms with E-state index >= 15 is 0 Å². The molecule has 0 N–H and O–H groups in total. The average Bonchev–Trinajstić information content (AvgIpc) is 3.10. The van der Waals surface area contributed by atoms with Crippen LogP contribution in [-0.4, -0.2) is 50.1 Å². The first-order valence-electron chi connectivity index (χ1n) is 8.98. The van der Waals surface area contributed by atoms with Crippen molar-refractivity contribution in [2.45, 2.75) is 13.8 Å². The van der Waals surface area contributed by atoms with Crippen LogP contribution in [0.3, 0.4) is 0 Å². The van der Waals surface area contributed by atoms with Gasteiger partial charge in [0.2, 0.25) is 0 Å². The molecule has 29 heavy (non-hydrogen) atoms. The van der Waals surface area contributed by atoms with Crippen LogP contribution in [-0.2, 0) is 0 Å². The van der Waals surface area contributed by atoms with E-state index in [4.69, 9.17) is 21.3 Å². The molecule has 1 amide bonds. The van der Waals surface area contributed by atoms with Crippen LogP contribution >= 0.6 is 35.3 Å². The fourth-order valence-electron chi connectivity index (χ4n) is 2.84. The number of ether oxygens (including phenoxy) is 1. The molecule has 156 valence electrons. The molecule has 0 atom stereocenters. The van der Waals surface area contributed by atoms with Crippen LogP contribution in [0.4, 0.5) is 5.13 Å². The normalized spacial score (nSPS) is 10.9. The Kier molecular flexibility index (Phi) is 7.88. The lowest BCUT2D eigenvalue weighted by atomic mass is 10.1. The van der Waals surface area contributed by atoms with E-state index in [-0.39, 0.29) is 18.3 Å². The molecule has 0 aliphatic carbocycles. The number of rotatable bonds is 6. The van der Waals surface area contributed by atoms with Gasteiger partial charge in [-0.3, -0.25) is 9.69 Å². The Labute approximate surface area is 186 Å². The molecule has 0 fully saturated rings. The zero-order valence-electron chi connectivity index (χ0n) is 17.2. The Hall–Kier alpha value is -1.86. The molecule has 5 nitrogen and oxygen atoms in total. The zero-order chi connectivity index (χ0) is 20.4. The molecule has 8 heteroatoms. The lowest BCUT2D eigenvalue weighted by molar-refractivity contribution is 0.0985. The standard InChI is InChI=1S/C21H24ClN3O2S.ClH/c1-13-6-7-15(12-14(13)2)20(26)25(11-10-24(3)4)21-23-18-17(27-5)9-8-16(22)19(18)28-21;/h6-9,12H,10-11H2,1-5H3;1H. The van der Waals surface area contributed by atoms with E-state index in [0.29, 0.717) is 33.5 Å². The lowest BCUT2D eigenvalue weighted by Crippen LogP contribution is -2.36. The number of nitrogens with zero attached hydrogens (tertiary/aromatic N) is 3. The van der Waals surface area contributed by atoms with Gasteiger partial charge in [0.25, 0.3) is 5.91 Å². The van der Waals surface area contributed by atoms with E-state index in [2.05, 4.69) is 0 Å². The van der Waals surface area contributed by atoms with Crippen molar-refractivity contribution in [1.82, 2.24) is 9.88 Å². The first-order valence-corrected chi connectivity index (χ1v) is 10.2. The monoisotopic (exact) mass is 453 g/mol. The SMILES string of the molecule is COc1ccc(Cl)c2sc(N(CCN(C)C)C(=O)c3ccc(C)c(C)c3)nc12.Cl. The maximum atomic E-state index is 13.3. The van der Waals surface area contributed by atoms with Crippen molar-refractivity contribution in [3.8, 4) is 5.75 Å². The molecule has 0 spiro atoms. The number of anilines is 1. The number of benzene rings is 2. The molecule has 0 saturated carbocycles. The minimum absolute atomic E-state index is 0. The molecule has 1 aromatic heterocycles. The van der Waals surface area contributed by atoms with Gasteiger partial charge in [-0.15, -0.1) is 12.4 Å². The predicted octanol–water partition coefficient (Wildman–Crippen LogP) is 5.21. The van der Waals surface area contributed by atoms with Crippen LogP contribution in [0.5, 0.6) is 5.75 Å². The minimum atomic E-state index is -0.0703. The zero-order valence-corrected chi connectivity index (χ0v) is 19.5. The molecule has 0 aliphatic heterocycles. The first kappa shape index (κ1) is 23.4. The predicted molar refractivity (Wildman–Crippen MR) is 125 cm³/mol. The van der Waals surface area contributed by atoms with Crippen molar-refractivity contribution in [3.05, 3.63) is 52.0 Å². The van der Waals surface area contributed by atoms with Gasteiger partial charge < -0.3 is 9.64 Å². The van der Waals surface area contributed by atoms with Gasteiger partial charge in [-0.2, -0.15) is 0 Å². The molecule has 3 aromatic rings. The summed E-state index contributed by atoms with van der Waals surface area (Å²) >= 11 is 7.78. The number of hydrogen-bond donors (Lipinski definition) is 0. The number of halogens is 2. The maximum absolute atomic E-state index is 13.3. The molecule has 0 bridgehead atoms. The van der Waals surface area contributed by atoms with E-state index in [9.17, 15) is 4.79 Å². The third-order valence-electron chi connectivity index (χ3n) is 4.67. The van der Waals surface area contributed by atoms with Crippen molar-refractivity contribution in [2.75, 3.05) is 39.2 Å². The fraction of sp³-hybridized carbons (Fsp3) is 0.333. The molecular weight excluding hydrogens is 429 g/mol. The number of aryl methyl sites for hydroxylation is 2. The van der Waals surface area contributed by atoms with Crippen molar-refractivity contribution in [1.29, 1.82) is 0 Å². The van der Waals surface area contributed by atoms with Crippen LogP contribution < -0.4 is 9.64 Å². The first-order chi connectivity index (χ1) is 13.3. The summed E-state index contributed by atoms with van der Waals surface area (Å²) in [6.07, 6.45) is 0. The topological polar surface area (TPSA) is 45.7 Å². The molecule has 0 aliphatic rings. The summed E-state index contributed by atoms with van der Waals surface area (Å²) in [7, 11) is 5.57. The Morgan fingerprint density at radius 1 is 1.14 bits per heavy atom. The number of thiazole rings is 1. The Morgan fingerprint density at radius 3 is 2.48 bits per heavy atom. The minimum Gasteiger partial charge on any atom is -0.494 e. The highest BCUT2D eigenvalue weighted by atomic mass is 35.5. The Bertz CT molecular complexity index is 1020. The van der Waals surface area contributed by atoms with Crippen molar-refractivity contribution in [3.63, 3.8) is 0 Å². The summed E-state index contributed by atoms with van der Waals surface area (Å²) in [6, 6.07) is 9.36. The van der Waals surface area contributed by atoms with Gasteiger partial charge >= 0.3 is 0 Å². The van der Waals surface area contributed by atoms with E-state index in [1.54, 1.807) is 24.1 Å². The Morgan fingerprint density at radius 2 is 1.86 bits per heavy atom. The largest absolute Gasteiger partial charge is 0.494 e. The maximum Gasteiger partial charge on any atom is 0.260 e. The van der Waals surface area contributed by atoms with Gasteiger partial charge in [-0.05, 0) is 63.3 Å². The number of likely N-dealkylation sites (N-methyl/N-ethyl adjacent to an activating group) is 1. The van der Waals surface area contributed by atoms with Gasteiger partial charge in [0.05, 0.1) is 16.8 Å². The summed E-state index contributed by atoms with van der Waals surface area (Å²) in [5, 5.41) is 1.22. The van der Waals surface area contributed by atoms with Crippen LogP contribution in [0.1, 0.15) is 21.5 Å². The van der Waals surface area contributed by atoms with E-state index < -0.39 is 0 Å². The summed E-state index contributed by atoms with van der Waals surface area (Å²) in [4.78, 5) is 21.8. The fourth-order valence-corrected chi connectivity index (χ4v) is 4.12. The van der Waals surface area contributed by atoms with Crippen LogP contribution in [0.15, 0.2) is 30.3 Å². The molecule has 0 unspecified atom stereocenters. The summed E-state index contributed by atoms with van der Waals surface area (Å²) in [6.45, 7) is 5.30. The smallest absolute Gasteiger partial charge is 0.260 e. The van der Waals surface area contributed by atoms with Gasteiger partial charge in [-0.1, -0.05) is 29.0 Å². The summed E-state index contributed by atoms with van der Waals surface area (Å²) in [5.41, 5.74) is 3.58. The quantitative estimate of drug-likeness (QED) is 0.513. The third-order valence-corrected chi connectivity index (χ3v) is 6.21. The molecule has 2 aromatic carbocycles. The van der Waals surface area contributed by atoms with Gasteiger partial charge in [-0.25, -0.2) is 4.98 Å². The number of hydrogen-bond acceptors (Lipinski definition) is 5. The number of carbonyl (C=O) groups is 1. The highest BCUT2D eigenvalue weighted by Gasteiger charge is 2.23. The number of amides is 1. The van der Waals surface area contributed by atoms with E-state index in [1.165, 1.54) is 11.3 Å². The number of carbonyl (C=O) groups excluding carboxylic acids is 1. The van der Waals surface area contributed by atoms with Crippen molar-refractivity contribution in [2.24, 2.45) is 0 Å². The second kappa shape index (κ2) is 9.76. The second-order valence-corrected chi connectivity index (χ2v) is 8.37. The number of aromatic nitrogens is 1. The molecule has 3 rings (SSSR count). The third kappa shape index (κ3) is 5.01. The number of fused-ring (bicyclic) bond motifs is 1. The highest BCUT2D eigenvalue weighted by Crippen LogP contribution is 2.39. The molecule has 1 heterocycles. The molecule has 0 saturated heterocycles. The Balaban J connectivity index is 0.00000300. The van der Waals surface area contributed by atoms with Gasteiger partial charge in [0, 0.05) is 18.7 Å². The average molecular weight is 454 g/mol. The molecular formula is C21H25Cl2N3O2S.